The van der Waals surface area contributed by atoms with E-state index in [1.165, 1.54) is 0 Å². The van der Waals surface area contributed by atoms with Gasteiger partial charge in [0.2, 0.25) is 5.91 Å². The number of rotatable bonds is 1. The molecule has 0 unspecified atom stereocenters. The van der Waals surface area contributed by atoms with Gasteiger partial charge in [-0.15, -0.1) is 0 Å². The molecular formula is C18H29N3O3. The summed E-state index contributed by atoms with van der Waals surface area (Å²) in [6, 6.07) is 0.148. The summed E-state index contributed by atoms with van der Waals surface area (Å²) in [5.74, 6) is 0.247. The van der Waals surface area contributed by atoms with Crippen molar-refractivity contribution in [3.05, 3.63) is 0 Å². The predicted octanol–water partition coefficient (Wildman–Crippen LogP) is 1.55. The number of ether oxygens (including phenoxy) is 1. The highest BCUT2D eigenvalue weighted by Crippen LogP contribution is 2.45. The normalized spacial score (nSPS) is 29.7. The van der Waals surface area contributed by atoms with Crippen LogP contribution < -0.4 is 0 Å². The third kappa shape index (κ3) is 2.79. The van der Waals surface area contributed by atoms with Gasteiger partial charge in [-0.05, 0) is 38.5 Å². The highest BCUT2D eigenvalue weighted by molar-refractivity contribution is 5.83. The fourth-order valence-corrected chi connectivity index (χ4v) is 5.01. The minimum Gasteiger partial charge on any atom is -0.381 e. The molecule has 0 radical (unpaired) electrons. The van der Waals surface area contributed by atoms with Gasteiger partial charge in [0.25, 0.3) is 0 Å². The van der Waals surface area contributed by atoms with E-state index in [0.29, 0.717) is 6.54 Å². The van der Waals surface area contributed by atoms with Crippen LogP contribution in [-0.2, 0) is 9.53 Å². The number of hydrogen-bond acceptors (Lipinski definition) is 3. The molecule has 4 rings (SSSR count). The van der Waals surface area contributed by atoms with Gasteiger partial charge in [-0.2, -0.15) is 0 Å². The molecule has 0 saturated carbocycles. The first-order chi connectivity index (χ1) is 11.7. The SMILES string of the molecule is O=C([C@H]1CN(C(=O)N2CCCC2)CC12CCOCC2)N1CCCC1. The van der Waals surface area contributed by atoms with Crippen molar-refractivity contribution in [1.82, 2.24) is 14.7 Å². The number of hydrogen-bond donors (Lipinski definition) is 0. The van der Waals surface area contributed by atoms with Crippen molar-refractivity contribution < 1.29 is 14.3 Å². The van der Waals surface area contributed by atoms with Crippen LogP contribution in [0.15, 0.2) is 0 Å². The molecule has 0 bridgehead atoms. The Morgan fingerprint density at radius 1 is 0.833 bits per heavy atom. The maximum absolute atomic E-state index is 13.1. The minimum atomic E-state index is -0.0622. The summed E-state index contributed by atoms with van der Waals surface area (Å²) in [6.07, 6.45) is 6.25. The van der Waals surface area contributed by atoms with Crippen LogP contribution in [0.4, 0.5) is 4.79 Å². The van der Waals surface area contributed by atoms with Crippen molar-refractivity contribution in [3.63, 3.8) is 0 Å². The number of carbonyl (C=O) groups is 2. The molecule has 6 nitrogen and oxygen atoms in total. The molecule has 0 aliphatic carbocycles. The van der Waals surface area contributed by atoms with Gasteiger partial charge in [-0.25, -0.2) is 4.79 Å². The molecule has 1 atom stereocenters. The van der Waals surface area contributed by atoms with E-state index in [-0.39, 0.29) is 23.3 Å². The first-order valence-electron chi connectivity index (χ1n) is 9.60. The predicted molar refractivity (Wildman–Crippen MR) is 89.6 cm³/mol. The Kier molecular flexibility index (Phi) is 4.41. The lowest BCUT2D eigenvalue weighted by Crippen LogP contribution is -2.45. The Labute approximate surface area is 144 Å². The summed E-state index contributed by atoms with van der Waals surface area (Å²) in [4.78, 5) is 32.0. The lowest BCUT2D eigenvalue weighted by molar-refractivity contribution is -0.139. The third-order valence-corrected chi connectivity index (χ3v) is 6.50. The largest absolute Gasteiger partial charge is 0.381 e. The van der Waals surface area contributed by atoms with E-state index < -0.39 is 0 Å². The summed E-state index contributed by atoms with van der Waals surface area (Å²) in [5, 5.41) is 0. The molecule has 4 heterocycles. The van der Waals surface area contributed by atoms with Crippen molar-refractivity contribution in [2.75, 3.05) is 52.5 Å². The van der Waals surface area contributed by atoms with Crippen molar-refractivity contribution >= 4 is 11.9 Å². The summed E-state index contributed by atoms with van der Waals surface area (Å²) < 4.78 is 5.57. The van der Waals surface area contributed by atoms with Gasteiger partial charge in [0, 0.05) is 57.9 Å². The standard InChI is InChI=1S/C18H29N3O3/c22-16(19-7-1-2-8-19)15-13-21(17(23)20-9-3-4-10-20)14-18(15)5-11-24-12-6-18/h15H,1-14H2/t15-/m1/s1. The zero-order valence-corrected chi connectivity index (χ0v) is 14.5. The summed E-state index contributed by atoms with van der Waals surface area (Å²) in [7, 11) is 0. The average Bonchev–Trinajstić information content (AvgIpc) is 3.35. The van der Waals surface area contributed by atoms with E-state index in [1.54, 1.807) is 0 Å². The second-order valence-corrected chi connectivity index (χ2v) is 7.92. The Morgan fingerprint density at radius 2 is 1.42 bits per heavy atom. The molecule has 0 N–H and O–H groups in total. The number of carbonyl (C=O) groups excluding carboxylic acids is 2. The van der Waals surface area contributed by atoms with Gasteiger partial charge in [0.15, 0.2) is 0 Å². The molecule has 0 aromatic carbocycles. The maximum Gasteiger partial charge on any atom is 0.320 e. The first kappa shape index (κ1) is 16.2. The Morgan fingerprint density at radius 3 is 2.04 bits per heavy atom. The van der Waals surface area contributed by atoms with E-state index in [0.717, 1.165) is 84.5 Å². The van der Waals surface area contributed by atoms with Crippen LogP contribution in [0.2, 0.25) is 0 Å². The smallest absolute Gasteiger partial charge is 0.320 e. The van der Waals surface area contributed by atoms with E-state index in [9.17, 15) is 9.59 Å². The molecule has 24 heavy (non-hydrogen) atoms. The molecule has 0 aromatic heterocycles. The number of nitrogens with zero attached hydrogens (tertiary/aromatic N) is 3. The lowest BCUT2D eigenvalue weighted by Gasteiger charge is -2.38. The summed E-state index contributed by atoms with van der Waals surface area (Å²) in [6.45, 7) is 6.29. The zero-order chi connectivity index (χ0) is 16.6. The average molecular weight is 335 g/mol. The van der Waals surface area contributed by atoms with E-state index in [4.69, 9.17) is 4.74 Å². The molecule has 6 heteroatoms. The third-order valence-electron chi connectivity index (χ3n) is 6.50. The fourth-order valence-electron chi connectivity index (χ4n) is 5.01. The highest BCUT2D eigenvalue weighted by Gasteiger charge is 2.53. The fraction of sp³-hybridized carbons (Fsp3) is 0.889. The molecule has 3 amide bonds. The Balaban J connectivity index is 1.53. The second kappa shape index (κ2) is 6.54. The molecule has 4 aliphatic rings. The van der Waals surface area contributed by atoms with Crippen LogP contribution in [0.3, 0.4) is 0 Å². The quantitative estimate of drug-likeness (QED) is 0.731. The highest BCUT2D eigenvalue weighted by atomic mass is 16.5. The van der Waals surface area contributed by atoms with Crippen LogP contribution in [0.5, 0.6) is 0 Å². The second-order valence-electron chi connectivity index (χ2n) is 7.92. The van der Waals surface area contributed by atoms with Gasteiger partial charge in [0.05, 0.1) is 5.92 Å². The maximum atomic E-state index is 13.1. The number of amides is 3. The van der Waals surface area contributed by atoms with Gasteiger partial charge >= 0.3 is 6.03 Å². The van der Waals surface area contributed by atoms with Crippen molar-refractivity contribution in [1.29, 1.82) is 0 Å². The van der Waals surface area contributed by atoms with Crippen molar-refractivity contribution in [2.24, 2.45) is 11.3 Å². The molecule has 134 valence electrons. The van der Waals surface area contributed by atoms with Gasteiger partial charge in [-0.1, -0.05) is 0 Å². The Hall–Kier alpha value is -1.30. The van der Waals surface area contributed by atoms with E-state index in [2.05, 4.69) is 0 Å². The topological polar surface area (TPSA) is 53.1 Å². The van der Waals surface area contributed by atoms with Crippen LogP contribution in [0.1, 0.15) is 38.5 Å². The first-order valence-corrected chi connectivity index (χ1v) is 9.60. The number of urea groups is 1. The number of likely N-dealkylation sites (tertiary alicyclic amines) is 3. The minimum absolute atomic E-state index is 0.0361. The van der Waals surface area contributed by atoms with Crippen LogP contribution in [0, 0.1) is 11.3 Å². The molecule has 1 spiro atoms. The van der Waals surface area contributed by atoms with Gasteiger partial charge < -0.3 is 19.4 Å². The van der Waals surface area contributed by atoms with Crippen molar-refractivity contribution in [2.45, 2.75) is 38.5 Å². The van der Waals surface area contributed by atoms with Crippen LogP contribution in [0.25, 0.3) is 0 Å². The zero-order valence-electron chi connectivity index (χ0n) is 14.5. The monoisotopic (exact) mass is 335 g/mol. The van der Waals surface area contributed by atoms with Gasteiger partial charge in [-0.3, -0.25) is 4.79 Å². The van der Waals surface area contributed by atoms with Crippen LogP contribution >= 0.6 is 0 Å². The molecule has 0 aromatic rings. The molecule has 4 saturated heterocycles. The molecular weight excluding hydrogens is 306 g/mol. The molecule has 4 aliphatic heterocycles. The summed E-state index contributed by atoms with van der Waals surface area (Å²) >= 11 is 0. The molecule has 4 fully saturated rings. The summed E-state index contributed by atoms with van der Waals surface area (Å²) in [5.41, 5.74) is -0.0622. The van der Waals surface area contributed by atoms with E-state index in [1.807, 2.05) is 14.7 Å². The van der Waals surface area contributed by atoms with E-state index >= 15 is 0 Å². The van der Waals surface area contributed by atoms with Gasteiger partial charge in [0.1, 0.15) is 0 Å². The van der Waals surface area contributed by atoms with Crippen molar-refractivity contribution in [3.8, 4) is 0 Å². The van der Waals surface area contributed by atoms with Crippen LogP contribution in [-0.4, -0.2) is 79.1 Å². The Bertz CT molecular complexity index is 492. The lowest BCUT2D eigenvalue weighted by atomic mass is 9.71.